The first-order valence-corrected chi connectivity index (χ1v) is 6.31. The first-order chi connectivity index (χ1) is 8.11. The first-order valence-electron chi connectivity index (χ1n) is 5.93. The summed E-state index contributed by atoms with van der Waals surface area (Å²) in [5, 5.41) is 0.471. The molecule has 1 heterocycles. The average Bonchev–Trinajstić information content (AvgIpc) is 3.04. The van der Waals surface area contributed by atoms with Crippen molar-refractivity contribution in [2.45, 2.75) is 38.7 Å². The lowest BCUT2D eigenvalue weighted by atomic mass is 9.81. The van der Waals surface area contributed by atoms with E-state index in [0.29, 0.717) is 5.15 Å². The van der Waals surface area contributed by atoms with Crippen LogP contribution in [-0.4, -0.2) is 11.0 Å². The summed E-state index contributed by atoms with van der Waals surface area (Å²) in [4.78, 5) is 15.6. The van der Waals surface area contributed by atoms with Crippen molar-refractivity contribution in [1.82, 2.24) is 4.98 Å². The van der Waals surface area contributed by atoms with Crippen LogP contribution in [-0.2, 0) is 16.0 Å². The number of nitrogens with zero attached hydrogens (tertiary/aromatic N) is 1. The highest BCUT2D eigenvalue weighted by Gasteiger charge is 2.54. The Bertz CT molecular complexity index is 482. The zero-order valence-corrected chi connectivity index (χ0v) is 10.5. The van der Waals surface area contributed by atoms with E-state index in [2.05, 4.69) is 4.98 Å². The second-order valence-electron chi connectivity index (χ2n) is 5.03. The van der Waals surface area contributed by atoms with Gasteiger partial charge in [0, 0.05) is 12.3 Å². The van der Waals surface area contributed by atoms with Crippen LogP contribution in [0.2, 0.25) is 5.15 Å². The third-order valence-electron chi connectivity index (χ3n) is 3.85. The highest BCUT2D eigenvalue weighted by atomic mass is 35.5. The minimum Gasteiger partial charge on any atom is -0.455 e. The third kappa shape index (κ3) is 1.82. The zero-order chi connectivity index (χ0) is 12.0. The van der Waals surface area contributed by atoms with Crippen molar-refractivity contribution in [3.05, 3.63) is 28.5 Å². The molecule has 0 saturated heterocycles. The first kappa shape index (κ1) is 11.0. The Morgan fingerprint density at radius 2 is 2.24 bits per heavy atom. The Kier molecular flexibility index (Phi) is 2.40. The van der Waals surface area contributed by atoms with E-state index in [0.717, 1.165) is 36.9 Å². The lowest BCUT2D eigenvalue weighted by Gasteiger charge is -2.32. The van der Waals surface area contributed by atoms with Crippen LogP contribution in [0, 0.1) is 5.41 Å². The molecule has 0 amide bonds. The number of hydrogen-bond acceptors (Lipinski definition) is 3. The van der Waals surface area contributed by atoms with Gasteiger partial charge in [0.05, 0.1) is 5.69 Å². The second kappa shape index (κ2) is 3.70. The van der Waals surface area contributed by atoms with E-state index in [1.807, 2.05) is 6.07 Å². The van der Waals surface area contributed by atoms with Crippen LogP contribution in [0.3, 0.4) is 0 Å². The second-order valence-corrected chi connectivity index (χ2v) is 5.42. The predicted octanol–water partition coefficient (Wildman–Crippen LogP) is 3.07. The van der Waals surface area contributed by atoms with Crippen LogP contribution in [0.1, 0.15) is 43.5 Å². The van der Waals surface area contributed by atoms with Gasteiger partial charge in [-0.3, -0.25) is 4.79 Å². The van der Waals surface area contributed by atoms with Crippen molar-refractivity contribution in [2.75, 3.05) is 0 Å². The van der Waals surface area contributed by atoms with E-state index in [9.17, 15) is 4.79 Å². The molecule has 90 valence electrons. The van der Waals surface area contributed by atoms with Crippen molar-refractivity contribution >= 4 is 17.6 Å². The molecule has 3 rings (SSSR count). The number of carbonyl (C=O) groups is 1. The van der Waals surface area contributed by atoms with E-state index in [1.165, 1.54) is 6.92 Å². The van der Waals surface area contributed by atoms with Crippen molar-refractivity contribution in [2.24, 2.45) is 5.41 Å². The highest BCUT2D eigenvalue weighted by molar-refractivity contribution is 6.29. The summed E-state index contributed by atoms with van der Waals surface area (Å²) in [6, 6.07) is 3.80. The third-order valence-corrected chi connectivity index (χ3v) is 4.06. The van der Waals surface area contributed by atoms with Crippen LogP contribution in [0.4, 0.5) is 0 Å². The van der Waals surface area contributed by atoms with Crippen LogP contribution in [0.5, 0.6) is 0 Å². The molecule has 1 aromatic rings. The molecule has 1 aromatic heterocycles. The minimum atomic E-state index is -0.240. The number of pyridine rings is 1. The van der Waals surface area contributed by atoms with E-state index < -0.39 is 0 Å². The summed E-state index contributed by atoms with van der Waals surface area (Å²) < 4.78 is 5.49. The van der Waals surface area contributed by atoms with Gasteiger partial charge >= 0.3 is 5.97 Å². The molecule has 4 heteroatoms. The van der Waals surface area contributed by atoms with E-state index >= 15 is 0 Å². The Hall–Kier alpha value is -1.09. The van der Waals surface area contributed by atoms with Crippen molar-refractivity contribution in [1.29, 1.82) is 0 Å². The number of carbonyl (C=O) groups excluding carboxylic acids is 1. The van der Waals surface area contributed by atoms with E-state index in [1.54, 1.807) is 6.07 Å². The van der Waals surface area contributed by atoms with Crippen LogP contribution in [0.15, 0.2) is 12.1 Å². The summed E-state index contributed by atoms with van der Waals surface area (Å²) in [6.07, 6.45) is 4.15. The maximum absolute atomic E-state index is 11.2. The number of esters is 1. The monoisotopic (exact) mass is 251 g/mol. The summed E-state index contributed by atoms with van der Waals surface area (Å²) in [7, 11) is 0. The Balaban J connectivity index is 2.03. The highest BCUT2D eigenvalue weighted by Crippen LogP contribution is 2.61. The molecule has 17 heavy (non-hydrogen) atoms. The van der Waals surface area contributed by atoms with Crippen LogP contribution >= 0.6 is 11.6 Å². The van der Waals surface area contributed by atoms with Gasteiger partial charge in [0.2, 0.25) is 0 Å². The molecule has 1 atom stereocenters. The fourth-order valence-corrected chi connectivity index (χ4v) is 2.90. The molecule has 0 aliphatic heterocycles. The minimum absolute atomic E-state index is 0.149. The summed E-state index contributed by atoms with van der Waals surface area (Å²) in [5.41, 5.74) is 2.19. The summed E-state index contributed by atoms with van der Waals surface area (Å²) in [6.45, 7) is 1.45. The Morgan fingerprint density at radius 3 is 2.88 bits per heavy atom. The van der Waals surface area contributed by atoms with Crippen molar-refractivity contribution in [3.8, 4) is 0 Å². The molecule has 1 fully saturated rings. The maximum Gasteiger partial charge on any atom is 0.303 e. The van der Waals surface area contributed by atoms with Gasteiger partial charge in [-0.05, 0) is 37.3 Å². The number of hydrogen-bond donors (Lipinski definition) is 0. The average molecular weight is 252 g/mol. The number of aryl methyl sites for hydroxylation is 1. The molecule has 0 bridgehead atoms. The van der Waals surface area contributed by atoms with Crippen molar-refractivity contribution in [3.63, 3.8) is 0 Å². The van der Waals surface area contributed by atoms with Gasteiger partial charge in [-0.1, -0.05) is 17.7 Å². The lowest BCUT2D eigenvalue weighted by molar-refractivity contribution is -0.151. The van der Waals surface area contributed by atoms with Crippen LogP contribution < -0.4 is 0 Å². The fraction of sp³-hybridized carbons (Fsp3) is 0.538. The zero-order valence-electron chi connectivity index (χ0n) is 9.70. The molecule has 0 radical (unpaired) electrons. The summed E-state index contributed by atoms with van der Waals surface area (Å²) in [5.74, 6) is -0.240. The fourth-order valence-electron chi connectivity index (χ4n) is 2.74. The largest absolute Gasteiger partial charge is 0.455 e. The molecule has 2 aliphatic carbocycles. The molecule has 1 spiro atoms. The smallest absolute Gasteiger partial charge is 0.303 e. The molecule has 1 saturated carbocycles. The number of aromatic nitrogens is 1. The quantitative estimate of drug-likeness (QED) is 0.569. The Morgan fingerprint density at radius 1 is 1.47 bits per heavy atom. The normalized spacial score (nSPS) is 24.2. The number of halogens is 1. The lowest BCUT2D eigenvalue weighted by Crippen LogP contribution is -2.27. The molecule has 0 N–H and O–H groups in total. The number of rotatable bonds is 1. The predicted molar refractivity (Wildman–Crippen MR) is 63.7 cm³/mol. The maximum atomic E-state index is 11.2. The molecular formula is C13H14ClNO2. The number of fused-ring (bicyclic) bond motifs is 1. The van der Waals surface area contributed by atoms with Crippen molar-refractivity contribution < 1.29 is 9.53 Å². The standard InChI is InChI=1S/C13H14ClNO2/c1-8(16)17-12-11-9(2-3-10(14)15-11)4-5-13(12)6-7-13/h2-3,12H,4-7H2,1H3. The molecule has 1 unspecified atom stereocenters. The van der Waals surface area contributed by atoms with E-state index in [4.69, 9.17) is 16.3 Å². The number of ether oxygens (including phenoxy) is 1. The van der Waals surface area contributed by atoms with Gasteiger partial charge in [0.25, 0.3) is 0 Å². The van der Waals surface area contributed by atoms with Crippen LogP contribution in [0.25, 0.3) is 0 Å². The molecule has 3 nitrogen and oxygen atoms in total. The van der Waals surface area contributed by atoms with Gasteiger partial charge in [-0.25, -0.2) is 4.98 Å². The SMILES string of the molecule is CC(=O)OC1c2nc(Cl)ccc2CCC12CC2. The van der Waals surface area contributed by atoms with Gasteiger partial charge in [0.1, 0.15) is 11.3 Å². The van der Waals surface area contributed by atoms with Gasteiger partial charge in [-0.2, -0.15) is 0 Å². The Labute approximate surface area is 105 Å². The van der Waals surface area contributed by atoms with Gasteiger partial charge in [0.15, 0.2) is 0 Å². The topological polar surface area (TPSA) is 39.2 Å². The summed E-state index contributed by atoms with van der Waals surface area (Å²) >= 11 is 5.94. The van der Waals surface area contributed by atoms with Gasteiger partial charge in [-0.15, -0.1) is 0 Å². The van der Waals surface area contributed by atoms with E-state index in [-0.39, 0.29) is 17.5 Å². The molecule has 0 aromatic carbocycles. The molecular weight excluding hydrogens is 238 g/mol. The molecule has 2 aliphatic rings. The van der Waals surface area contributed by atoms with Gasteiger partial charge < -0.3 is 4.74 Å².